The molecule has 1 aromatic heterocycles. The van der Waals surface area contributed by atoms with Gasteiger partial charge in [0.25, 0.3) is 5.69 Å². The van der Waals surface area contributed by atoms with Gasteiger partial charge in [-0.15, -0.1) is 0 Å². The number of allylic oxidation sites excluding steroid dienone is 2. The molecular weight excluding hydrogens is 546 g/mol. The van der Waals surface area contributed by atoms with E-state index in [9.17, 15) is 24.8 Å². The largest absolute Gasteiger partial charge is 0.508 e. The summed E-state index contributed by atoms with van der Waals surface area (Å²) in [6.45, 7) is 4.56. The van der Waals surface area contributed by atoms with Crippen molar-refractivity contribution in [3.63, 3.8) is 0 Å². The summed E-state index contributed by atoms with van der Waals surface area (Å²) in [5.74, 6) is -1.58. The van der Waals surface area contributed by atoms with E-state index in [0.29, 0.717) is 25.9 Å². The Morgan fingerprint density at radius 1 is 1.09 bits per heavy atom. The minimum atomic E-state index is -0.563. The van der Waals surface area contributed by atoms with E-state index in [2.05, 4.69) is 18.8 Å². The minimum absolute atomic E-state index is 0.163. The Morgan fingerprint density at radius 2 is 1.91 bits per heavy atom. The molecule has 220 valence electrons. The van der Waals surface area contributed by atoms with Gasteiger partial charge in [0.1, 0.15) is 5.75 Å². The van der Waals surface area contributed by atoms with Gasteiger partial charge < -0.3 is 9.84 Å². The Bertz CT molecular complexity index is 1650. The number of hydrogen-bond acceptors (Lipinski definition) is 7. The molecular formula is C34H33N3O6. The summed E-state index contributed by atoms with van der Waals surface area (Å²) in [5.41, 5.74) is 5.06. The number of phenols is 1. The second-order valence-corrected chi connectivity index (χ2v) is 11.7. The van der Waals surface area contributed by atoms with Crippen molar-refractivity contribution in [1.82, 2.24) is 4.98 Å². The van der Waals surface area contributed by atoms with E-state index in [1.807, 2.05) is 30.3 Å². The zero-order valence-electron chi connectivity index (χ0n) is 24.1. The van der Waals surface area contributed by atoms with Crippen molar-refractivity contribution in [1.29, 1.82) is 0 Å². The van der Waals surface area contributed by atoms with Crippen LogP contribution >= 0.6 is 0 Å². The molecule has 3 aliphatic rings. The standard InChI is InChI=1S/C34H33N3O6/c1-20(2)26-18-27-32(34(40)36(33(27)39)23-8-6-9-24(17-23)37(41)42)28-19-43-30(31(26)28)13-12-22(29-11-3-4-14-35-29)15-21-7-5-10-25(38)16-21/h3-11,14-17,20,27-28,30,32,38H,12-13,18-19H2,1-2H3/b22-15-/t27-,28+,30-,32-/m1/s1. The maximum atomic E-state index is 13.9. The number of carbonyl (C=O) groups excluding carboxylic acids is 2. The smallest absolute Gasteiger partial charge is 0.271 e. The molecule has 9 nitrogen and oxygen atoms in total. The first-order valence-corrected chi connectivity index (χ1v) is 14.6. The Labute approximate surface area is 249 Å². The highest BCUT2D eigenvalue weighted by atomic mass is 16.6. The Balaban J connectivity index is 1.29. The van der Waals surface area contributed by atoms with Crippen LogP contribution in [-0.2, 0) is 14.3 Å². The highest BCUT2D eigenvalue weighted by molar-refractivity contribution is 6.22. The van der Waals surface area contributed by atoms with Crippen LogP contribution in [0.15, 0.2) is 84.1 Å². The summed E-state index contributed by atoms with van der Waals surface area (Å²) in [5, 5.41) is 21.4. The van der Waals surface area contributed by atoms with Gasteiger partial charge in [-0.2, -0.15) is 0 Å². The number of non-ortho nitro benzene ring substituents is 1. The lowest BCUT2D eigenvalue weighted by molar-refractivity contribution is -0.384. The molecule has 0 radical (unpaired) electrons. The van der Waals surface area contributed by atoms with Crippen LogP contribution in [0.5, 0.6) is 5.75 Å². The molecule has 0 saturated carbocycles. The molecule has 9 heteroatoms. The number of hydrogen-bond donors (Lipinski definition) is 1. The molecule has 2 aliphatic heterocycles. The van der Waals surface area contributed by atoms with Crippen molar-refractivity contribution in [2.75, 3.05) is 11.5 Å². The van der Waals surface area contributed by atoms with E-state index in [1.54, 1.807) is 30.5 Å². The molecule has 2 saturated heterocycles. The van der Waals surface area contributed by atoms with Gasteiger partial charge in [0, 0.05) is 24.2 Å². The van der Waals surface area contributed by atoms with Crippen molar-refractivity contribution in [3.05, 3.63) is 105 Å². The van der Waals surface area contributed by atoms with E-state index in [-0.39, 0.29) is 46.9 Å². The topological polar surface area (TPSA) is 123 Å². The van der Waals surface area contributed by atoms with Crippen LogP contribution in [0.25, 0.3) is 11.6 Å². The Kier molecular flexibility index (Phi) is 7.66. The van der Waals surface area contributed by atoms with E-state index in [1.165, 1.54) is 18.2 Å². The molecule has 6 rings (SSSR count). The van der Waals surface area contributed by atoms with Crippen molar-refractivity contribution < 1.29 is 24.4 Å². The first-order valence-electron chi connectivity index (χ1n) is 14.6. The van der Waals surface area contributed by atoms with Gasteiger partial charge in [-0.25, -0.2) is 4.90 Å². The Morgan fingerprint density at radius 3 is 2.63 bits per heavy atom. The minimum Gasteiger partial charge on any atom is -0.508 e. The fraction of sp³-hybridized carbons (Fsp3) is 0.324. The monoisotopic (exact) mass is 579 g/mol. The number of fused-ring (bicyclic) bond motifs is 3. The number of rotatable bonds is 8. The number of aromatic nitrogens is 1. The third-order valence-electron chi connectivity index (χ3n) is 8.82. The van der Waals surface area contributed by atoms with E-state index in [0.717, 1.165) is 32.9 Å². The van der Waals surface area contributed by atoms with Crippen LogP contribution in [0.4, 0.5) is 11.4 Å². The normalized spacial score (nSPS) is 23.6. The van der Waals surface area contributed by atoms with Crippen LogP contribution in [0.2, 0.25) is 0 Å². The first kappa shape index (κ1) is 28.5. The van der Waals surface area contributed by atoms with Crippen molar-refractivity contribution in [2.24, 2.45) is 23.7 Å². The molecule has 3 heterocycles. The number of ether oxygens (including phenoxy) is 1. The van der Waals surface area contributed by atoms with Gasteiger partial charge in [0.2, 0.25) is 11.8 Å². The number of phenolic OH excluding ortho intramolecular Hbond substituents is 1. The van der Waals surface area contributed by atoms with E-state index < -0.39 is 16.8 Å². The van der Waals surface area contributed by atoms with Gasteiger partial charge in [0.05, 0.1) is 40.9 Å². The average molecular weight is 580 g/mol. The summed E-state index contributed by atoms with van der Waals surface area (Å²) in [7, 11) is 0. The summed E-state index contributed by atoms with van der Waals surface area (Å²) < 4.78 is 6.40. The average Bonchev–Trinajstić information content (AvgIpc) is 3.53. The number of nitro benzene ring substituents is 1. The van der Waals surface area contributed by atoms with Crippen LogP contribution in [0.1, 0.15) is 44.4 Å². The van der Waals surface area contributed by atoms with Crippen molar-refractivity contribution >= 4 is 34.8 Å². The summed E-state index contributed by atoms with van der Waals surface area (Å²) in [6, 6.07) is 18.6. The molecule has 1 N–H and O–H groups in total. The van der Waals surface area contributed by atoms with Gasteiger partial charge in [-0.1, -0.05) is 43.7 Å². The number of aromatic hydroxyl groups is 1. The molecule has 4 atom stereocenters. The number of carbonyl (C=O) groups is 2. The summed E-state index contributed by atoms with van der Waals surface area (Å²) in [4.78, 5) is 44.1. The lowest BCUT2D eigenvalue weighted by Crippen LogP contribution is -2.35. The molecule has 2 amide bonds. The SMILES string of the molecule is CC(C)C1=C2[C@@H](CC/C(=C/c3cccc(O)c3)c3ccccn3)OC[C@@H]2[C@@H]2C(=O)N(c3cccc([N+](=O)[O-])c3)C(=O)[C@@H]2C1. The number of benzene rings is 2. The maximum absolute atomic E-state index is 13.9. The third kappa shape index (κ3) is 5.36. The van der Waals surface area contributed by atoms with Crippen LogP contribution in [0, 0.1) is 33.8 Å². The molecule has 1 aliphatic carbocycles. The zero-order valence-corrected chi connectivity index (χ0v) is 24.1. The predicted molar refractivity (Wildman–Crippen MR) is 162 cm³/mol. The highest BCUT2D eigenvalue weighted by Gasteiger charge is 2.57. The number of amides is 2. The fourth-order valence-corrected chi connectivity index (χ4v) is 6.89. The van der Waals surface area contributed by atoms with Gasteiger partial charge >= 0.3 is 0 Å². The van der Waals surface area contributed by atoms with E-state index in [4.69, 9.17) is 4.74 Å². The van der Waals surface area contributed by atoms with Gasteiger partial charge in [-0.05, 0) is 78.3 Å². The molecule has 43 heavy (non-hydrogen) atoms. The Hall–Kier alpha value is -4.63. The van der Waals surface area contributed by atoms with Crippen LogP contribution in [0.3, 0.4) is 0 Å². The first-order chi connectivity index (χ1) is 20.7. The molecule has 2 fully saturated rings. The lowest BCUT2D eigenvalue weighted by atomic mass is 9.67. The number of imide groups is 1. The zero-order chi connectivity index (χ0) is 30.2. The molecule has 0 unspecified atom stereocenters. The maximum Gasteiger partial charge on any atom is 0.271 e. The lowest BCUT2D eigenvalue weighted by Gasteiger charge is -2.33. The second-order valence-electron chi connectivity index (χ2n) is 11.7. The predicted octanol–water partition coefficient (Wildman–Crippen LogP) is 6.19. The van der Waals surface area contributed by atoms with Crippen molar-refractivity contribution in [3.8, 4) is 5.75 Å². The third-order valence-corrected chi connectivity index (χ3v) is 8.82. The quantitative estimate of drug-likeness (QED) is 0.146. The van der Waals surface area contributed by atoms with Crippen LogP contribution in [-0.4, -0.2) is 39.5 Å². The molecule has 3 aromatic rings. The number of anilines is 1. The summed E-state index contributed by atoms with van der Waals surface area (Å²) in [6.07, 6.45) is 5.35. The molecule has 0 spiro atoms. The number of pyridine rings is 1. The fourth-order valence-electron chi connectivity index (χ4n) is 6.89. The van der Waals surface area contributed by atoms with Gasteiger partial charge in [-0.3, -0.25) is 24.7 Å². The number of nitro groups is 1. The number of nitrogens with zero attached hydrogens (tertiary/aromatic N) is 3. The van der Waals surface area contributed by atoms with E-state index >= 15 is 0 Å². The highest BCUT2D eigenvalue weighted by Crippen LogP contribution is 2.52. The summed E-state index contributed by atoms with van der Waals surface area (Å²) >= 11 is 0. The second kappa shape index (κ2) is 11.6. The van der Waals surface area contributed by atoms with Crippen molar-refractivity contribution in [2.45, 2.75) is 39.2 Å². The van der Waals surface area contributed by atoms with Gasteiger partial charge in [0.15, 0.2) is 0 Å². The van der Waals surface area contributed by atoms with Crippen LogP contribution < -0.4 is 4.90 Å². The molecule has 0 bridgehead atoms. The molecule has 2 aromatic carbocycles.